The van der Waals surface area contributed by atoms with E-state index in [1.807, 2.05) is 6.92 Å². The highest BCUT2D eigenvalue weighted by Gasteiger charge is 2.09. The molecule has 0 aliphatic carbocycles. The molecule has 0 amide bonds. The van der Waals surface area contributed by atoms with Gasteiger partial charge in [0.05, 0.1) is 5.75 Å². The monoisotopic (exact) mass is 235 g/mol. The van der Waals surface area contributed by atoms with E-state index in [1.165, 1.54) is 4.57 Å². The van der Waals surface area contributed by atoms with Crippen LogP contribution in [0.3, 0.4) is 0 Å². The van der Waals surface area contributed by atoms with Crippen molar-refractivity contribution in [2.45, 2.75) is 19.9 Å². The summed E-state index contributed by atoms with van der Waals surface area (Å²) in [6.45, 7) is 2.10. The Morgan fingerprint density at radius 3 is 2.64 bits per heavy atom. The van der Waals surface area contributed by atoms with Gasteiger partial charge in [-0.3, -0.25) is 4.79 Å². The minimum absolute atomic E-state index is 0.0531. The van der Waals surface area contributed by atoms with Crippen molar-refractivity contribution in [3.05, 3.63) is 21.2 Å². The van der Waals surface area contributed by atoms with E-state index in [4.69, 9.17) is 0 Å². The summed E-state index contributed by atoms with van der Waals surface area (Å²) in [5, 5.41) is 1.66. The van der Waals surface area contributed by atoms with Gasteiger partial charge in [0.25, 0.3) is 0 Å². The highest BCUT2D eigenvalue weighted by molar-refractivity contribution is 7.91. The molecule has 0 saturated carbocycles. The van der Waals surface area contributed by atoms with E-state index >= 15 is 0 Å². The van der Waals surface area contributed by atoms with Crippen LogP contribution in [0.2, 0.25) is 0 Å². The van der Waals surface area contributed by atoms with E-state index in [2.05, 4.69) is 0 Å². The third-order valence-corrected chi connectivity index (χ3v) is 4.33. The fraction of sp³-hybridized carbons (Fsp3) is 0.625. The standard InChI is InChI=1S/C8H13NO3S2/c1-2-6-14(11,12)7-4-9-3-5-13-8(9)10/h3,5H,2,4,6-7H2,1H3. The lowest BCUT2D eigenvalue weighted by atomic mass is 10.6. The Bertz CT molecular complexity index is 429. The number of hydrogen-bond acceptors (Lipinski definition) is 4. The van der Waals surface area contributed by atoms with E-state index in [0.717, 1.165) is 11.3 Å². The van der Waals surface area contributed by atoms with Gasteiger partial charge in [-0.15, -0.1) is 0 Å². The molecule has 0 aliphatic rings. The van der Waals surface area contributed by atoms with Crippen molar-refractivity contribution in [1.29, 1.82) is 0 Å². The van der Waals surface area contributed by atoms with Gasteiger partial charge in [0, 0.05) is 23.9 Å². The number of rotatable bonds is 5. The average molecular weight is 235 g/mol. The molecule has 0 radical (unpaired) electrons. The second-order valence-corrected chi connectivity index (χ2v) is 6.17. The molecule has 0 N–H and O–H groups in total. The zero-order valence-corrected chi connectivity index (χ0v) is 9.60. The molecule has 80 valence electrons. The van der Waals surface area contributed by atoms with Crippen LogP contribution in [0.5, 0.6) is 0 Å². The Kier molecular flexibility index (Phi) is 3.88. The van der Waals surface area contributed by atoms with Crippen LogP contribution >= 0.6 is 11.3 Å². The van der Waals surface area contributed by atoms with E-state index < -0.39 is 9.84 Å². The molecule has 0 unspecified atom stereocenters. The molecule has 1 aromatic rings. The molecule has 4 nitrogen and oxygen atoms in total. The number of sulfone groups is 1. The third-order valence-electron chi connectivity index (χ3n) is 1.80. The lowest BCUT2D eigenvalue weighted by molar-refractivity contribution is 0.587. The zero-order valence-electron chi connectivity index (χ0n) is 7.97. The second-order valence-electron chi connectivity index (χ2n) is 3.01. The highest BCUT2D eigenvalue weighted by atomic mass is 32.2. The number of aromatic nitrogens is 1. The molecule has 0 bridgehead atoms. The van der Waals surface area contributed by atoms with E-state index in [1.54, 1.807) is 11.6 Å². The quantitative estimate of drug-likeness (QED) is 0.756. The number of aryl methyl sites for hydroxylation is 1. The van der Waals surface area contributed by atoms with Gasteiger partial charge in [0.2, 0.25) is 0 Å². The first-order valence-corrected chi connectivity index (χ1v) is 7.09. The van der Waals surface area contributed by atoms with Crippen LogP contribution in [0.4, 0.5) is 0 Å². The molecule has 1 heterocycles. The number of nitrogens with zero attached hydrogens (tertiary/aromatic N) is 1. The van der Waals surface area contributed by atoms with Gasteiger partial charge in [-0.25, -0.2) is 8.42 Å². The summed E-state index contributed by atoms with van der Waals surface area (Å²) in [5.74, 6) is 0.253. The Morgan fingerprint density at radius 2 is 2.14 bits per heavy atom. The normalized spacial score (nSPS) is 11.8. The number of thiazole rings is 1. The van der Waals surface area contributed by atoms with Gasteiger partial charge in [-0.1, -0.05) is 18.3 Å². The molecule has 6 heteroatoms. The van der Waals surface area contributed by atoms with Crippen LogP contribution in [0.1, 0.15) is 13.3 Å². The fourth-order valence-electron chi connectivity index (χ4n) is 1.11. The molecule has 0 aliphatic heterocycles. The SMILES string of the molecule is CCCS(=O)(=O)CCn1ccsc1=O. The minimum Gasteiger partial charge on any atom is -0.305 e. The van der Waals surface area contributed by atoms with Crippen molar-refractivity contribution in [1.82, 2.24) is 4.57 Å². The van der Waals surface area contributed by atoms with Crippen molar-refractivity contribution >= 4 is 21.2 Å². The van der Waals surface area contributed by atoms with Crippen molar-refractivity contribution in [3.63, 3.8) is 0 Å². The van der Waals surface area contributed by atoms with E-state index in [0.29, 0.717) is 6.42 Å². The van der Waals surface area contributed by atoms with Crippen LogP contribution in [0, 0.1) is 0 Å². The summed E-state index contributed by atoms with van der Waals surface area (Å²) in [5.41, 5.74) is 0. The largest absolute Gasteiger partial charge is 0.307 e. The molecule has 0 fully saturated rings. The van der Waals surface area contributed by atoms with Crippen LogP contribution in [0.15, 0.2) is 16.4 Å². The van der Waals surface area contributed by atoms with Gasteiger partial charge < -0.3 is 4.57 Å². The summed E-state index contributed by atoms with van der Waals surface area (Å²) >= 11 is 1.08. The molecule has 1 aromatic heterocycles. The summed E-state index contributed by atoms with van der Waals surface area (Å²) in [7, 11) is -2.98. The number of hydrogen-bond donors (Lipinski definition) is 0. The smallest absolute Gasteiger partial charge is 0.305 e. The molecule has 0 spiro atoms. The third kappa shape index (κ3) is 3.26. The Hall–Kier alpha value is -0.620. The summed E-state index contributed by atoms with van der Waals surface area (Å²) in [4.78, 5) is 11.0. The fourth-order valence-corrected chi connectivity index (χ4v) is 3.02. The van der Waals surface area contributed by atoms with Gasteiger partial charge in [-0.2, -0.15) is 0 Å². The Morgan fingerprint density at radius 1 is 1.43 bits per heavy atom. The lowest BCUT2D eigenvalue weighted by Crippen LogP contribution is -2.20. The predicted octanol–water partition coefficient (Wildman–Crippen LogP) is 0.735. The highest BCUT2D eigenvalue weighted by Crippen LogP contribution is 1.96. The van der Waals surface area contributed by atoms with Gasteiger partial charge >= 0.3 is 4.87 Å². The molecule has 0 saturated heterocycles. The molecule has 1 rings (SSSR count). The van der Waals surface area contributed by atoms with Crippen molar-refractivity contribution in [2.75, 3.05) is 11.5 Å². The molecule has 0 aromatic carbocycles. The Balaban J connectivity index is 2.58. The topological polar surface area (TPSA) is 56.1 Å². The summed E-state index contributed by atoms with van der Waals surface area (Å²) in [6, 6.07) is 0. The first-order valence-electron chi connectivity index (χ1n) is 4.39. The van der Waals surface area contributed by atoms with Crippen LogP contribution in [0.25, 0.3) is 0 Å². The second kappa shape index (κ2) is 4.75. The minimum atomic E-state index is -2.98. The summed E-state index contributed by atoms with van der Waals surface area (Å²) < 4.78 is 24.1. The maximum absolute atomic E-state index is 11.3. The molecular weight excluding hydrogens is 222 g/mol. The van der Waals surface area contributed by atoms with Crippen LogP contribution in [-0.4, -0.2) is 24.5 Å². The van der Waals surface area contributed by atoms with Gasteiger partial charge in [-0.05, 0) is 6.42 Å². The van der Waals surface area contributed by atoms with E-state index in [9.17, 15) is 13.2 Å². The van der Waals surface area contributed by atoms with Crippen molar-refractivity contribution < 1.29 is 8.42 Å². The van der Waals surface area contributed by atoms with Crippen molar-refractivity contribution in [3.8, 4) is 0 Å². The Labute approximate surface area is 87.1 Å². The van der Waals surface area contributed by atoms with E-state index in [-0.39, 0.29) is 22.9 Å². The molecule has 14 heavy (non-hydrogen) atoms. The predicted molar refractivity (Wildman–Crippen MR) is 57.5 cm³/mol. The van der Waals surface area contributed by atoms with Gasteiger partial charge in [0.15, 0.2) is 9.84 Å². The lowest BCUT2D eigenvalue weighted by Gasteiger charge is -2.02. The summed E-state index contributed by atoms with van der Waals surface area (Å²) in [6.07, 6.45) is 2.25. The zero-order chi connectivity index (χ0) is 10.6. The average Bonchev–Trinajstić information content (AvgIpc) is 2.48. The van der Waals surface area contributed by atoms with Crippen LogP contribution < -0.4 is 4.87 Å². The van der Waals surface area contributed by atoms with Gasteiger partial charge in [0.1, 0.15) is 0 Å². The first kappa shape index (κ1) is 11.5. The maximum Gasteiger partial charge on any atom is 0.307 e. The maximum atomic E-state index is 11.3. The molecule has 0 atom stereocenters. The molecular formula is C8H13NO3S2. The first-order chi connectivity index (χ1) is 6.55. The van der Waals surface area contributed by atoms with Crippen LogP contribution in [-0.2, 0) is 16.4 Å². The van der Waals surface area contributed by atoms with Crippen molar-refractivity contribution in [2.24, 2.45) is 0 Å².